The van der Waals surface area contributed by atoms with Crippen molar-refractivity contribution in [3.8, 4) is 5.75 Å². The molecule has 1 N–H and O–H groups in total. The lowest BCUT2D eigenvalue weighted by Crippen LogP contribution is -2.32. The molecule has 6 heteroatoms. The molecule has 1 unspecified atom stereocenters. The maximum Gasteiger partial charge on any atom is 0.241 e. The predicted molar refractivity (Wildman–Crippen MR) is 133 cm³/mol. The van der Waals surface area contributed by atoms with Crippen LogP contribution in [-0.2, 0) is 10.0 Å². The van der Waals surface area contributed by atoms with Gasteiger partial charge in [-0.3, -0.25) is 4.90 Å². The van der Waals surface area contributed by atoms with E-state index in [1.54, 1.807) is 12.1 Å². The number of hydrogen-bond donors (Lipinski definition) is 1. The summed E-state index contributed by atoms with van der Waals surface area (Å²) in [6, 6.07) is 27.3. The average Bonchev–Trinajstić information content (AvgIpc) is 3.30. The second-order valence-electron chi connectivity index (χ2n) is 8.61. The van der Waals surface area contributed by atoms with E-state index in [0.29, 0.717) is 24.0 Å². The summed E-state index contributed by atoms with van der Waals surface area (Å²) in [7, 11) is -3.56. The van der Waals surface area contributed by atoms with Gasteiger partial charge in [0.1, 0.15) is 12.4 Å². The van der Waals surface area contributed by atoms with Gasteiger partial charge < -0.3 is 4.74 Å². The van der Waals surface area contributed by atoms with E-state index in [0.717, 1.165) is 48.0 Å². The van der Waals surface area contributed by atoms with E-state index in [9.17, 15) is 8.42 Å². The molecule has 1 heterocycles. The van der Waals surface area contributed by atoms with Gasteiger partial charge in [0, 0.05) is 30.4 Å². The maximum absolute atomic E-state index is 13.0. The van der Waals surface area contributed by atoms with Gasteiger partial charge in [0.25, 0.3) is 0 Å². The van der Waals surface area contributed by atoms with Gasteiger partial charge in [0.15, 0.2) is 0 Å². The average molecular weight is 461 g/mol. The SMILES string of the molecule is O=S(=O)(NCC1CCN(CCOc2cccc3ccccc23)C1)c1cccc2ccccc12. The van der Waals surface area contributed by atoms with E-state index in [2.05, 4.69) is 27.8 Å². The molecule has 0 radical (unpaired) electrons. The van der Waals surface area contributed by atoms with Gasteiger partial charge >= 0.3 is 0 Å². The van der Waals surface area contributed by atoms with Crippen molar-refractivity contribution < 1.29 is 13.2 Å². The van der Waals surface area contributed by atoms with Crippen molar-refractivity contribution in [1.82, 2.24) is 9.62 Å². The van der Waals surface area contributed by atoms with E-state index in [-0.39, 0.29) is 0 Å². The number of benzene rings is 4. The zero-order chi connectivity index (χ0) is 22.7. The zero-order valence-corrected chi connectivity index (χ0v) is 19.3. The molecule has 4 aromatic rings. The van der Waals surface area contributed by atoms with Gasteiger partial charge in [0.2, 0.25) is 10.0 Å². The predicted octanol–water partition coefficient (Wildman–Crippen LogP) is 4.67. The molecule has 1 atom stereocenters. The molecule has 1 aliphatic heterocycles. The molecule has 0 aromatic heterocycles. The fraction of sp³-hybridized carbons (Fsp3) is 0.259. The highest BCUT2D eigenvalue weighted by Crippen LogP contribution is 2.26. The molecule has 0 aliphatic carbocycles. The highest BCUT2D eigenvalue weighted by atomic mass is 32.2. The fourth-order valence-corrected chi connectivity index (χ4v) is 5.97. The first-order valence-electron chi connectivity index (χ1n) is 11.4. The molecule has 0 saturated carbocycles. The summed E-state index contributed by atoms with van der Waals surface area (Å²) in [6.45, 7) is 3.72. The third-order valence-corrected chi connectivity index (χ3v) is 7.87. The smallest absolute Gasteiger partial charge is 0.241 e. The van der Waals surface area contributed by atoms with Crippen molar-refractivity contribution >= 4 is 31.6 Å². The fourth-order valence-electron chi connectivity index (χ4n) is 4.62. The van der Waals surface area contributed by atoms with Crippen LogP contribution in [0.5, 0.6) is 5.75 Å². The largest absolute Gasteiger partial charge is 0.492 e. The summed E-state index contributed by atoms with van der Waals surface area (Å²) in [5.74, 6) is 1.21. The molecule has 4 aromatic carbocycles. The molecule has 1 saturated heterocycles. The van der Waals surface area contributed by atoms with Crippen LogP contribution in [0.3, 0.4) is 0 Å². The van der Waals surface area contributed by atoms with E-state index < -0.39 is 10.0 Å². The van der Waals surface area contributed by atoms with Gasteiger partial charge in [-0.05, 0) is 41.8 Å². The maximum atomic E-state index is 13.0. The van der Waals surface area contributed by atoms with Gasteiger partial charge in [-0.2, -0.15) is 0 Å². The van der Waals surface area contributed by atoms with Crippen LogP contribution in [0.25, 0.3) is 21.5 Å². The molecular formula is C27H28N2O3S. The van der Waals surface area contributed by atoms with Crippen LogP contribution in [0, 0.1) is 5.92 Å². The third kappa shape index (κ3) is 4.88. The number of rotatable bonds is 8. The topological polar surface area (TPSA) is 58.6 Å². The molecule has 170 valence electrons. The molecule has 33 heavy (non-hydrogen) atoms. The van der Waals surface area contributed by atoms with Gasteiger partial charge in [0.05, 0.1) is 4.90 Å². The number of sulfonamides is 1. The molecule has 0 bridgehead atoms. The number of fused-ring (bicyclic) bond motifs is 2. The van der Waals surface area contributed by atoms with Gasteiger partial charge in [-0.15, -0.1) is 0 Å². The van der Waals surface area contributed by atoms with Gasteiger partial charge in [-0.1, -0.05) is 72.8 Å². The Morgan fingerprint density at radius 2 is 1.52 bits per heavy atom. The Morgan fingerprint density at radius 1 is 0.848 bits per heavy atom. The van der Waals surface area contributed by atoms with Crippen LogP contribution in [-0.4, -0.2) is 46.1 Å². The monoisotopic (exact) mass is 460 g/mol. The van der Waals surface area contributed by atoms with Crippen molar-refractivity contribution in [2.45, 2.75) is 11.3 Å². The molecule has 5 rings (SSSR count). The minimum Gasteiger partial charge on any atom is -0.492 e. The first kappa shape index (κ1) is 21.9. The number of nitrogens with one attached hydrogen (secondary N) is 1. The molecule has 0 spiro atoms. The lowest BCUT2D eigenvalue weighted by atomic mass is 10.1. The Hall–Kier alpha value is -2.93. The van der Waals surface area contributed by atoms with E-state index in [1.165, 1.54) is 5.39 Å². The molecule has 0 amide bonds. The first-order valence-corrected chi connectivity index (χ1v) is 12.9. The van der Waals surface area contributed by atoms with Crippen LogP contribution >= 0.6 is 0 Å². The number of nitrogens with zero attached hydrogens (tertiary/aromatic N) is 1. The Balaban J connectivity index is 1.14. The molecule has 1 aliphatic rings. The summed E-state index contributed by atoms with van der Waals surface area (Å²) in [5, 5.41) is 3.99. The van der Waals surface area contributed by atoms with Gasteiger partial charge in [-0.25, -0.2) is 13.1 Å². The highest BCUT2D eigenvalue weighted by molar-refractivity contribution is 7.89. The van der Waals surface area contributed by atoms with Crippen LogP contribution in [0.15, 0.2) is 89.8 Å². The van der Waals surface area contributed by atoms with Crippen LogP contribution in [0.4, 0.5) is 0 Å². The lowest BCUT2D eigenvalue weighted by Gasteiger charge is -2.17. The van der Waals surface area contributed by atoms with Crippen molar-refractivity contribution in [2.24, 2.45) is 5.92 Å². The zero-order valence-electron chi connectivity index (χ0n) is 18.5. The Bertz CT molecular complexity index is 1360. The van der Waals surface area contributed by atoms with Crippen LogP contribution < -0.4 is 9.46 Å². The lowest BCUT2D eigenvalue weighted by molar-refractivity contribution is 0.234. The summed E-state index contributed by atoms with van der Waals surface area (Å²) < 4.78 is 34.9. The molecule has 5 nitrogen and oxygen atoms in total. The van der Waals surface area contributed by atoms with Crippen molar-refractivity contribution in [1.29, 1.82) is 0 Å². The third-order valence-electron chi connectivity index (χ3n) is 6.39. The number of ether oxygens (including phenoxy) is 1. The Labute approximate surface area is 195 Å². The summed E-state index contributed by atoms with van der Waals surface area (Å²) in [4.78, 5) is 2.70. The van der Waals surface area contributed by atoms with Crippen LogP contribution in [0.2, 0.25) is 0 Å². The van der Waals surface area contributed by atoms with Crippen molar-refractivity contribution in [3.05, 3.63) is 84.9 Å². The standard InChI is InChI=1S/C27H28N2O3S/c30-33(31,27-14-6-10-23-8-2-4-12-25(23)27)28-19-21-15-16-29(20-21)17-18-32-26-13-5-9-22-7-1-3-11-24(22)26/h1-14,21,28H,15-20H2. The quantitative estimate of drug-likeness (QED) is 0.415. The molecule has 1 fully saturated rings. The van der Waals surface area contributed by atoms with E-state index in [1.807, 2.05) is 54.6 Å². The van der Waals surface area contributed by atoms with Crippen LogP contribution in [0.1, 0.15) is 6.42 Å². The summed E-state index contributed by atoms with van der Waals surface area (Å²) in [6.07, 6.45) is 0.978. The summed E-state index contributed by atoms with van der Waals surface area (Å²) in [5.41, 5.74) is 0. The number of hydrogen-bond acceptors (Lipinski definition) is 4. The minimum atomic E-state index is -3.56. The minimum absolute atomic E-state index is 0.298. The van der Waals surface area contributed by atoms with Crippen molar-refractivity contribution in [2.75, 3.05) is 32.8 Å². The highest BCUT2D eigenvalue weighted by Gasteiger charge is 2.25. The summed E-state index contributed by atoms with van der Waals surface area (Å²) >= 11 is 0. The Morgan fingerprint density at radius 3 is 2.33 bits per heavy atom. The normalized spacial score (nSPS) is 17.0. The number of likely N-dealkylation sites (tertiary alicyclic amines) is 1. The second-order valence-corrected chi connectivity index (χ2v) is 10.3. The first-order chi connectivity index (χ1) is 16.1. The van der Waals surface area contributed by atoms with E-state index in [4.69, 9.17) is 4.74 Å². The van der Waals surface area contributed by atoms with E-state index >= 15 is 0 Å². The van der Waals surface area contributed by atoms with Crippen molar-refractivity contribution in [3.63, 3.8) is 0 Å². The Kier molecular flexibility index (Phi) is 6.31. The second kappa shape index (κ2) is 9.51. The molecular weight excluding hydrogens is 432 g/mol.